The topological polar surface area (TPSA) is 47.7 Å². The molecule has 0 aromatic carbocycles. The van der Waals surface area contributed by atoms with E-state index in [2.05, 4.69) is 15.5 Å². The molecular formula is C12H18FN5. The molecule has 5 nitrogen and oxygen atoms in total. The number of nitrogens with one attached hydrogen (secondary N) is 1. The number of hydrogen-bond donors (Lipinski definition) is 1. The lowest BCUT2D eigenvalue weighted by molar-refractivity contribution is 0.426. The van der Waals surface area contributed by atoms with Gasteiger partial charge in [-0.1, -0.05) is 0 Å². The highest BCUT2D eigenvalue weighted by Crippen LogP contribution is 2.15. The van der Waals surface area contributed by atoms with E-state index in [0.717, 1.165) is 22.6 Å². The van der Waals surface area contributed by atoms with Crippen molar-refractivity contribution < 1.29 is 4.39 Å². The molecule has 2 rings (SSSR count). The monoisotopic (exact) mass is 251 g/mol. The average Bonchev–Trinajstić information content (AvgIpc) is 2.82. The zero-order valence-electron chi connectivity index (χ0n) is 10.9. The molecule has 6 heteroatoms. The van der Waals surface area contributed by atoms with Crippen molar-refractivity contribution in [3.63, 3.8) is 0 Å². The van der Waals surface area contributed by atoms with Gasteiger partial charge in [0.15, 0.2) is 0 Å². The molecule has 18 heavy (non-hydrogen) atoms. The summed E-state index contributed by atoms with van der Waals surface area (Å²) in [6.45, 7) is 4.52. The number of aromatic nitrogens is 4. The standard InChI is InChI=1S/C12H18FN5/c1-9-6-15-17(3)12(9)7-14-11-8-18(5-4-13)16-10(11)2/h6,8,14H,4-5,7H2,1-3H3. The Hall–Kier alpha value is -1.85. The first-order chi connectivity index (χ1) is 8.61. The largest absolute Gasteiger partial charge is 0.377 e. The Labute approximate surface area is 106 Å². The Bertz CT molecular complexity index is 509. The Kier molecular flexibility index (Phi) is 3.64. The minimum Gasteiger partial charge on any atom is -0.377 e. The molecule has 0 spiro atoms. The van der Waals surface area contributed by atoms with Crippen molar-refractivity contribution in [3.05, 3.63) is 29.3 Å². The van der Waals surface area contributed by atoms with Crippen LogP contribution in [0.5, 0.6) is 0 Å². The third kappa shape index (κ3) is 2.52. The molecule has 2 heterocycles. The minimum absolute atomic E-state index is 0.299. The fraction of sp³-hybridized carbons (Fsp3) is 0.500. The summed E-state index contributed by atoms with van der Waals surface area (Å²) in [5, 5.41) is 11.7. The Morgan fingerprint density at radius 3 is 2.78 bits per heavy atom. The summed E-state index contributed by atoms with van der Waals surface area (Å²) in [5.41, 5.74) is 4.10. The minimum atomic E-state index is -0.401. The molecule has 0 atom stereocenters. The van der Waals surface area contributed by atoms with E-state index in [1.165, 1.54) is 0 Å². The van der Waals surface area contributed by atoms with Gasteiger partial charge in [0, 0.05) is 13.2 Å². The molecule has 1 N–H and O–H groups in total. The predicted molar refractivity (Wildman–Crippen MR) is 68.2 cm³/mol. The van der Waals surface area contributed by atoms with Crippen molar-refractivity contribution in [1.82, 2.24) is 19.6 Å². The summed E-state index contributed by atoms with van der Waals surface area (Å²) in [4.78, 5) is 0. The molecule has 0 bridgehead atoms. The molecule has 0 aliphatic heterocycles. The molecular weight excluding hydrogens is 233 g/mol. The van der Waals surface area contributed by atoms with Gasteiger partial charge in [0.2, 0.25) is 0 Å². The van der Waals surface area contributed by atoms with Gasteiger partial charge in [-0.2, -0.15) is 10.2 Å². The zero-order chi connectivity index (χ0) is 13.1. The third-order valence-corrected chi connectivity index (χ3v) is 2.98. The smallest absolute Gasteiger partial charge is 0.109 e. The van der Waals surface area contributed by atoms with Crippen molar-refractivity contribution in [2.45, 2.75) is 26.9 Å². The molecule has 0 radical (unpaired) electrons. The van der Waals surface area contributed by atoms with Crippen molar-refractivity contribution >= 4 is 5.69 Å². The van der Waals surface area contributed by atoms with Crippen LogP contribution >= 0.6 is 0 Å². The molecule has 0 aliphatic carbocycles. The Morgan fingerprint density at radius 2 is 2.17 bits per heavy atom. The number of alkyl halides is 1. The van der Waals surface area contributed by atoms with Gasteiger partial charge in [-0.15, -0.1) is 0 Å². The number of anilines is 1. The number of nitrogens with zero attached hydrogens (tertiary/aromatic N) is 4. The van der Waals surface area contributed by atoms with Crippen LogP contribution in [0.15, 0.2) is 12.4 Å². The summed E-state index contributed by atoms with van der Waals surface area (Å²) < 4.78 is 15.7. The fourth-order valence-electron chi connectivity index (χ4n) is 1.90. The van der Waals surface area contributed by atoms with Gasteiger partial charge in [0.1, 0.15) is 6.67 Å². The second-order valence-corrected chi connectivity index (χ2v) is 4.33. The van der Waals surface area contributed by atoms with E-state index in [1.54, 1.807) is 4.68 Å². The number of hydrogen-bond acceptors (Lipinski definition) is 3. The van der Waals surface area contributed by atoms with Crippen LogP contribution in [0.3, 0.4) is 0 Å². The van der Waals surface area contributed by atoms with Gasteiger partial charge in [0.25, 0.3) is 0 Å². The first kappa shape index (κ1) is 12.6. The van der Waals surface area contributed by atoms with Crippen LogP contribution in [0.4, 0.5) is 10.1 Å². The van der Waals surface area contributed by atoms with E-state index in [4.69, 9.17) is 0 Å². The van der Waals surface area contributed by atoms with Gasteiger partial charge in [0.05, 0.1) is 36.4 Å². The molecule has 0 amide bonds. The van der Waals surface area contributed by atoms with Crippen LogP contribution in [0.25, 0.3) is 0 Å². The fourth-order valence-corrected chi connectivity index (χ4v) is 1.90. The lowest BCUT2D eigenvalue weighted by Crippen LogP contribution is -2.07. The van der Waals surface area contributed by atoms with Crippen LogP contribution < -0.4 is 5.32 Å². The van der Waals surface area contributed by atoms with E-state index in [9.17, 15) is 4.39 Å². The number of rotatable bonds is 5. The van der Waals surface area contributed by atoms with Crippen molar-refractivity contribution in [1.29, 1.82) is 0 Å². The quantitative estimate of drug-likeness (QED) is 0.881. The van der Waals surface area contributed by atoms with Crippen LogP contribution in [0, 0.1) is 13.8 Å². The molecule has 0 saturated carbocycles. The highest BCUT2D eigenvalue weighted by atomic mass is 19.1. The maximum absolute atomic E-state index is 12.2. The van der Waals surface area contributed by atoms with Gasteiger partial charge < -0.3 is 5.32 Å². The number of aryl methyl sites for hydroxylation is 4. The van der Waals surface area contributed by atoms with E-state index in [0.29, 0.717) is 13.1 Å². The van der Waals surface area contributed by atoms with E-state index >= 15 is 0 Å². The molecule has 2 aromatic heterocycles. The Morgan fingerprint density at radius 1 is 1.39 bits per heavy atom. The highest BCUT2D eigenvalue weighted by molar-refractivity contribution is 5.46. The molecule has 0 fully saturated rings. The number of halogens is 1. The average molecular weight is 251 g/mol. The first-order valence-electron chi connectivity index (χ1n) is 5.93. The predicted octanol–water partition coefficient (Wildman–Crippen LogP) is 1.82. The van der Waals surface area contributed by atoms with E-state index in [-0.39, 0.29) is 0 Å². The maximum Gasteiger partial charge on any atom is 0.109 e. The SMILES string of the molecule is Cc1cnn(C)c1CNc1cn(CCF)nc1C. The summed E-state index contributed by atoms with van der Waals surface area (Å²) >= 11 is 0. The summed E-state index contributed by atoms with van der Waals surface area (Å²) in [7, 11) is 1.92. The van der Waals surface area contributed by atoms with E-state index in [1.807, 2.05) is 38.0 Å². The van der Waals surface area contributed by atoms with Gasteiger partial charge in [-0.25, -0.2) is 4.39 Å². The second kappa shape index (κ2) is 5.20. The van der Waals surface area contributed by atoms with Crippen LogP contribution in [0.2, 0.25) is 0 Å². The molecule has 0 saturated heterocycles. The summed E-state index contributed by atoms with van der Waals surface area (Å²) in [6, 6.07) is 0. The second-order valence-electron chi connectivity index (χ2n) is 4.33. The van der Waals surface area contributed by atoms with Gasteiger partial charge in [-0.3, -0.25) is 9.36 Å². The first-order valence-corrected chi connectivity index (χ1v) is 5.93. The highest BCUT2D eigenvalue weighted by Gasteiger charge is 2.07. The lowest BCUT2D eigenvalue weighted by Gasteiger charge is -2.06. The van der Waals surface area contributed by atoms with Crippen molar-refractivity contribution in [3.8, 4) is 0 Å². The van der Waals surface area contributed by atoms with Crippen LogP contribution in [-0.2, 0) is 20.1 Å². The molecule has 2 aromatic rings. The van der Waals surface area contributed by atoms with Crippen LogP contribution in [-0.4, -0.2) is 26.2 Å². The summed E-state index contributed by atoms with van der Waals surface area (Å²) in [6.07, 6.45) is 3.68. The van der Waals surface area contributed by atoms with Crippen LogP contribution in [0.1, 0.15) is 17.0 Å². The Balaban J connectivity index is 2.06. The molecule has 0 unspecified atom stereocenters. The summed E-state index contributed by atoms with van der Waals surface area (Å²) in [5.74, 6) is 0. The van der Waals surface area contributed by atoms with Gasteiger partial charge >= 0.3 is 0 Å². The van der Waals surface area contributed by atoms with Gasteiger partial charge in [-0.05, 0) is 19.4 Å². The molecule has 98 valence electrons. The normalized spacial score (nSPS) is 10.9. The van der Waals surface area contributed by atoms with E-state index < -0.39 is 6.67 Å². The third-order valence-electron chi connectivity index (χ3n) is 2.98. The zero-order valence-corrected chi connectivity index (χ0v) is 10.9. The maximum atomic E-state index is 12.2. The lowest BCUT2D eigenvalue weighted by atomic mass is 10.2. The van der Waals surface area contributed by atoms with Crippen molar-refractivity contribution in [2.75, 3.05) is 12.0 Å². The van der Waals surface area contributed by atoms with Crippen molar-refractivity contribution in [2.24, 2.45) is 7.05 Å². The molecule has 0 aliphatic rings.